The molecule has 3 aromatic rings. The lowest BCUT2D eigenvalue weighted by Gasteiger charge is -2.05. The largest absolute Gasteiger partial charge is 0.352 e. The number of nitrogens with zero attached hydrogens (tertiary/aromatic N) is 2. The van der Waals surface area contributed by atoms with Crippen molar-refractivity contribution in [1.82, 2.24) is 14.7 Å². The van der Waals surface area contributed by atoms with Crippen LogP contribution in [0.4, 0.5) is 0 Å². The number of fused-ring (bicyclic) bond motifs is 1. The first kappa shape index (κ1) is 14.5. The van der Waals surface area contributed by atoms with Crippen molar-refractivity contribution in [3.63, 3.8) is 0 Å². The fraction of sp³-hybridized carbons (Fsp3) is 0.176. The number of rotatable bonds is 5. The standard InChI is InChI=1S/C17H17N3OS/c1-13(11-15-6-4-10-22-15)17(21)18-8-7-16-19-12-14-5-2-3-9-20(14)16/h2-6,9-12H,7-8H2,1H3,(H,18,21)/b13-11+. The van der Waals surface area contributed by atoms with Crippen LogP contribution in [-0.2, 0) is 11.2 Å². The normalized spacial score (nSPS) is 11.8. The number of hydrogen-bond acceptors (Lipinski definition) is 3. The van der Waals surface area contributed by atoms with Crippen LogP contribution in [-0.4, -0.2) is 21.8 Å². The molecule has 0 atom stereocenters. The molecule has 5 heteroatoms. The summed E-state index contributed by atoms with van der Waals surface area (Å²) >= 11 is 1.62. The topological polar surface area (TPSA) is 46.4 Å². The predicted molar refractivity (Wildman–Crippen MR) is 89.9 cm³/mol. The zero-order valence-electron chi connectivity index (χ0n) is 12.3. The van der Waals surface area contributed by atoms with Gasteiger partial charge in [0, 0.05) is 29.6 Å². The average Bonchev–Trinajstić information content (AvgIpc) is 3.17. The van der Waals surface area contributed by atoms with Crippen LogP contribution >= 0.6 is 11.3 Å². The quantitative estimate of drug-likeness (QED) is 0.736. The van der Waals surface area contributed by atoms with Crippen molar-refractivity contribution in [2.45, 2.75) is 13.3 Å². The summed E-state index contributed by atoms with van der Waals surface area (Å²) in [6, 6.07) is 9.96. The van der Waals surface area contributed by atoms with Crippen LogP contribution < -0.4 is 5.32 Å². The molecule has 0 aliphatic carbocycles. The van der Waals surface area contributed by atoms with E-state index in [2.05, 4.69) is 10.3 Å². The van der Waals surface area contributed by atoms with Crippen LogP contribution in [0, 0.1) is 0 Å². The molecule has 0 bridgehead atoms. The Bertz CT molecular complexity index is 802. The average molecular weight is 311 g/mol. The van der Waals surface area contributed by atoms with Crippen LogP contribution in [0.2, 0.25) is 0 Å². The second-order valence-corrected chi connectivity index (χ2v) is 6.00. The third kappa shape index (κ3) is 3.26. The maximum atomic E-state index is 12.1. The number of hydrogen-bond donors (Lipinski definition) is 1. The Morgan fingerprint density at radius 3 is 3.09 bits per heavy atom. The van der Waals surface area contributed by atoms with E-state index in [1.165, 1.54) is 0 Å². The van der Waals surface area contributed by atoms with Gasteiger partial charge < -0.3 is 9.72 Å². The fourth-order valence-electron chi connectivity index (χ4n) is 2.26. The highest BCUT2D eigenvalue weighted by atomic mass is 32.1. The zero-order chi connectivity index (χ0) is 15.4. The first-order valence-electron chi connectivity index (χ1n) is 7.15. The summed E-state index contributed by atoms with van der Waals surface area (Å²) in [6.45, 7) is 2.41. The molecule has 0 aliphatic rings. The first-order valence-corrected chi connectivity index (χ1v) is 8.03. The van der Waals surface area contributed by atoms with Crippen LogP contribution in [0.1, 0.15) is 17.6 Å². The zero-order valence-corrected chi connectivity index (χ0v) is 13.1. The number of amides is 1. The summed E-state index contributed by atoms with van der Waals surface area (Å²) in [6.07, 6.45) is 6.45. The van der Waals surface area contributed by atoms with Crippen LogP contribution in [0.15, 0.2) is 53.7 Å². The van der Waals surface area contributed by atoms with Crippen LogP contribution in [0.25, 0.3) is 11.6 Å². The molecule has 0 aromatic carbocycles. The molecule has 112 valence electrons. The molecule has 0 aliphatic heterocycles. The van der Waals surface area contributed by atoms with Crippen molar-refractivity contribution < 1.29 is 4.79 Å². The van der Waals surface area contributed by atoms with Gasteiger partial charge in [-0.15, -0.1) is 11.3 Å². The Hall–Kier alpha value is -2.40. The Labute approximate surface area is 133 Å². The van der Waals surface area contributed by atoms with Gasteiger partial charge in [-0.1, -0.05) is 12.1 Å². The van der Waals surface area contributed by atoms with Crippen LogP contribution in [0.3, 0.4) is 0 Å². The molecule has 0 unspecified atom stereocenters. The van der Waals surface area contributed by atoms with E-state index in [0.29, 0.717) is 13.0 Å². The molecule has 3 rings (SSSR count). The van der Waals surface area contributed by atoms with E-state index in [9.17, 15) is 4.79 Å². The van der Waals surface area contributed by atoms with Crippen molar-refractivity contribution in [2.24, 2.45) is 0 Å². The molecule has 1 amide bonds. The van der Waals surface area contributed by atoms with Gasteiger partial charge in [-0.25, -0.2) is 4.98 Å². The highest BCUT2D eigenvalue weighted by molar-refractivity contribution is 7.10. The van der Waals surface area contributed by atoms with E-state index in [1.54, 1.807) is 11.3 Å². The summed E-state index contributed by atoms with van der Waals surface area (Å²) in [5.74, 6) is 0.921. The second kappa shape index (κ2) is 6.58. The van der Waals surface area contributed by atoms with E-state index in [1.807, 2.05) is 65.5 Å². The summed E-state index contributed by atoms with van der Waals surface area (Å²) in [4.78, 5) is 17.5. The number of pyridine rings is 1. The molecule has 1 N–H and O–H groups in total. The van der Waals surface area contributed by atoms with Crippen molar-refractivity contribution >= 4 is 28.8 Å². The lowest BCUT2D eigenvalue weighted by Crippen LogP contribution is -2.26. The van der Waals surface area contributed by atoms with Gasteiger partial charge in [-0.2, -0.15) is 0 Å². The molecule has 0 radical (unpaired) electrons. The van der Waals surface area contributed by atoms with E-state index < -0.39 is 0 Å². The van der Waals surface area contributed by atoms with Gasteiger partial charge in [-0.3, -0.25) is 4.79 Å². The summed E-state index contributed by atoms with van der Waals surface area (Å²) in [7, 11) is 0. The lowest BCUT2D eigenvalue weighted by atomic mass is 10.2. The maximum Gasteiger partial charge on any atom is 0.246 e. The smallest absolute Gasteiger partial charge is 0.246 e. The van der Waals surface area contributed by atoms with E-state index in [4.69, 9.17) is 0 Å². The van der Waals surface area contributed by atoms with Gasteiger partial charge in [0.05, 0.1) is 11.7 Å². The van der Waals surface area contributed by atoms with Crippen molar-refractivity contribution in [3.8, 4) is 0 Å². The fourth-order valence-corrected chi connectivity index (χ4v) is 2.98. The third-order valence-corrected chi connectivity index (χ3v) is 4.23. The van der Waals surface area contributed by atoms with Gasteiger partial charge in [0.15, 0.2) is 0 Å². The minimum atomic E-state index is -0.0331. The third-order valence-electron chi connectivity index (χ3n) is 3.41. The highest BCUT2D eigenvalue weighted by Gasteiger charge is 2.06. The second-order valence-electron chi connectivity index (χ2n) is 5.02. The van der Waals surface area contributed by atoms with Gasteiger partial charge >= 0.3 is 0 Å². The Kier molecular flexibility index (Phi) is 4.34. The number of carbonyl (C=O) groups excluding carboxylic acids is 1. The van der Waals surface area contributed by atoms with Crippen molar-refractivity contribution in [1.29, 1.82) is 0 Å². The Balaban J connectivity index is 1.58. The molecule has 0 spiro atoms. The maximum absolute atomic E-state index is 12.1. The molecular weight excluding hydrogens is 294 g/mol. The Morgan fingerprint density at radius 1 is 1.36 bits per heavy atom. The van der Waals surface area contributed by atoms with Gasteiger partial charge in [0.2, 0.25) is 5.91 Å². The van der Waals surface area contributed by atoms with E-state index in [0.717, 1.165) is 21.8 Å². The van der Waals surface area contributed by atoms with E-state index in [-0.39, 0.29) is 5.91 Å². The monoisotopic (exact) mass is 311 g/mol. The number of imidazole rings is 1. The number of thiophene rings is 1. The minimum Gasteiger partial charge on any atom is -0.352 e. The molecule has 4 nitrogen and oxygen atoms in total. The molecule has 0 fully saturated rings. The molecule has 22 heavy (non-hydrogen) atoms. The van der Waals surface area contributed by atoms with Crippen LogP contribution in [0.5, 0.6) is 0 Å². The summed E-state index contributed by atoms with van der Waals surface area (Å²) < 4.78 is 2.04. The number of aromatic nitrogens is 2. The van der Waals surface area contributed by atoms with Gasteiger partial charge in [-0.05, 0) is 36.6 Å². The first-order chi connectivity index (χ1) is 10.7. The van der Waals surface area contributed by atoms with Crippen molar-refractivity contribution in [2.75, 3.05) is 6.54 Å². The highest BCUT2D eigenvalue weighted by Crippen LogP contribution is 2.13. The predicted octanol–water partition coefficient (Wildman–Crippen LogP) is 3.16. The summed E-state index contributed by atoms with van der Waals surface area (Å²) in [5.41, 5.74) is 1.79. The van der Waals surface area contributed by atoms with Gasteiger partial charge in [0.1, 0.15) is 5.82 Å². The van der Waals surface area contributed by atoms with Crippen molar-refractivity contribution in [3.05, 3.63) is 64.4 Å². The SMILES string of the molecule is C/C(=C\c1cccs1)C(=O)NCCc1ncc2ccccn12. The lowest BCUT2D eigenvalue weighted by molar-refractivity contribution is -0.117. The van der Waals surface area contributed by atoms with E-state index >= 15 is 0 Å². The molecular formula is C17H17N3OS. The molecule has 3 aromatic heterocycles. The Morgan fingerprint density at radius 2 is 2.27 bits per heavy atom. The number of carbonyl (C=O) groups is 1. The number of nitrogens with one attached hydrogen (secondary N) is 1. The molecule has 0 saturated heterocycles. The van der Waals surface area contributed by atoms with Gasteiger partial charge in [0.25, 0.3) is 0 Å². The summed E-state index contributed by atoms with van der Waals surface area (Å²) in [5, 5.41) is 4.94. The molecule has 3 heterocycles. The molecule has 0 saturated carbocycles. The minimum absolute atomic E-state index is 0.0331.